The summed E-state index contributed by atoms with van der Waals surface area (Å²) in [6.07, 6.45) is 3.67. The fourth-order valence-electron chi connectivity index (χ4n) is 3.16. The zero-order valence-electron chi connectivity index (χ0n) is 17.1. The highest BCUT2D eigenvalue weighted by Crippen LogP contribution is 2.35. The minimum atomic E-state index is -0.578. The third-order valence-corrected chi connectivity index (χ3v) is 4.39. The Bertz CT molecular complexity index is 1070. The van der Waals surface area contributed by atoms with Gasteiger partial charge in [-0.2, -0.15) is 0 Å². The van der Waals surface area contributed by atoms with E-state index in [2.05, 4.69) is 0 Å². The van der Waals surface area contributed by atoms with Gasteiger partial charge in [0, 0.05) is 11.6 Å². The number of ketones is 1. The maximum atomic E-state index is 12.7. The largest absolute Gasteiger partial charge is 0.488 e. The number of fused-ring (bicyclic) bond motifs is 2. The molecule has 154 valence electrons. The second kappa shape index (κ2) is 7.71. The zero-order chi connectivity index (χ0) is 21.3. The molecular formula is C24H22O6. The summed E-state index contributed by atoms with van der Waals surface area (Å²) in [5, 5.41) is 0. The van der Waals surface area contributed by atoms with Gasteiger partial charge in [-0.1, -0.05) is 18.2 Å². The van der Waals surface area contributed by atoms with Crippen LogP contribution in [0.2, 0.25) is 0 Å². The standard InChI is InChI=1S/C24H22O6/c1-24(2,3)30-22(25)14-27-17-8-9-18-20(12-17)29-21(23(18)26)11-15-10-16-6-4-5-7-19(16)28-13-15/h4-12H,13-14H2,1-3H3. The molecule has 0 aliphatic carbocycles. The molecule has 6 heteroatoms. The molecule has 0 fully saturated rings. The summed E-state index contributed by atoms with van der Waals surface area (Å²) in [4.78, 5) is 24.5. The molecule has 0 bridgehead atoms. The van der Waals surface area contributed by atoms with Crippen molar-refractivity contribution in [2.75, 3.05) is 13.2 Å². The van der Waals surface area contributed by atoms with Crippen LogP contribution in [0.1, 0.15) is 36.7 Å². The van der Waals surface area contributed by atoms with Crippen LogP contribution >= 0.6 is 0 Å². The van der Waals surface area contributed by atoms with Gasteiger partial charge in [0.05, 0.1) is 5.56 Å². The molecule has 2 aliphatic heterocycles. The number of para-hydroxylation sites is 1. The topological polar surface area (TPSA) is 71.1 Å². The van der Waals surface area contributed by atoms with Gasteiger partial charge in [0.2, 0.25) is 5.78 Å². The number of carbonyl (C=O) groups is 2. The SMILES string of the molecule is CC(C)(C)OC(=O)COc1ccc2c(c1)OC(=CC1=Cc3ccccc3OC1)C2=O. The summed E-state index contributed by atoms with van der Waals surface area (Å²) < 4.78 is 22.2. The number of rotatable bonds is 4. The third-order valence-electron chi connectivity index (χ3n) is 4.39. The molecule has 0 unspecified atom stereocenters. The van der Waals surface area contributed by atoms with E-state index in [-0.39, 0.29) is 18.1 Å². The average Bonchev–Trinajstić information content (AvgIpc) is 3.00. The molecule has 0 radical (unpaired) electrons. The first-order chi connectivity index (χ1) is 14.3. The Morgan fingerprint density at radius 2 is 1.93 bits per heavy atom. The van der Waals surface area contributed by atoms with E-state index >= 15 is 0 Å². The van der Waals surface area contributed by atoms with E-state index < -0.39 is 11.6 Å². The summed E-state index contributed by atoms with van der Waals surface area (Å²) >= 11 is 0. The molecule has 6 nitrogen and oxygen atoms in total. The first-order valence-corrected chi connectivity index (χ1v) is 9.64. The van der Waals surface area contributed by atoms with Crippen molar-refractivity contribution in [2.45, 2.75) is 26.4 Å². The van der Waals surface area contributed by atoms with Crippen molar-refractivity contribution in [3.8, 4) is 17.2 Å². The summed E-state index contributed by atoms with van der Waals surface area (Å²) in [6.45, 7) is 5.51. The van der Waals surface area contributed by atoms with Crippen LogP contribution in [-0.2, 0) is 9.53 Å². The number of Topliss-reactive ketones (excluding diaryl/α,β-unsaturated/α-hetero) is 1. The van der Waals surface area contributed by atoms with Gasteiger partial charge in [0.1, 0.15) is 29.5 Å². The van der Waals surface area contributed by atoms with Crippen molar-refractivity contribution >= 4 is 17.8 Å². The number of allylic oxidation sites excluding steroid dienone is 1. The van der Waals surface area contributed by atoms with Gasteiger partial charge in [-0.25, -0.2) is 4.79 Å². The molecule has 0 N–H and O–H groups in total. The van der Waals surface area contributed by atoms with Crippen LogP contribution in [0.5, 0.6) is 17.2 Å². The molecule has 0 aromatic heterocycles. The maximum absolute atomic E-state index is 12.7. The number of hydrogen-bond acceptors (Lipinski definition) is 6. The second-order valence-electron chi connectivity index (χ2n) is 8.02. The minimum Gasteiger partial charge on any atom is -0.488 e. The van der Waals surface area contributed by atoms with E-state index in [4.69, 9.17) is 18.9 Å². The van der Waals surface area contributed by atoms with E-state index in [0.29, 0.717) is 23.7 Å². The zero-order valence-corrected chi connectivity index (χ0v) is 17.1. The highest BCUT2D eigenvalue weighted by Gasteiger charge is 2.28. The van der Waals surface area contributed by atoms with E-state index in [1.165, 1.54) is 0 Å². The van der Waals surface area contributed by atoms with Gasteiger partial charge in [-0.05, 0) is 56.7 Å². The van der Waals surface area contributed by atoms with Crippen molar-refractivity contribution in [3.05, 3.63) is 71.0 Å². The number of carbonyl (C=O) groups excluding carboxylic acids is 2. The van der Waals surface area contributed by atoms with Crippen molar-refractivity contribution < 1.29 is 28.5 Å². The fourth-order valence-corrected chi connectivity index (χ4v) is 3.16. The van der Waals surface area contributed by atoms with Crippen LogP contribution in [-0.4, -0.2) is 30.6 Å². The van der Waals surface area contributed by atoms with Gasteiger partial charge < -0.3 is 18.9 Å². The predicted octanol–water partition coefficient (Wildman–Crippen LogP) is 4.34. The molecule has 2 aliphatic rings. The van der Waals surface area contributed by atoms with E-state index in [1.807, 2.05) is 30.3 Å². The Morgan fingerprint density at radius 1 is 1.13 bits per heavy atom. The lowest BCUT2D eigenvalue weighted by molar-refractivity contribution is -0.157. The molecular weight excluding hydrogens is 384 g/mol. The molecule has 2 aromatic carbocycles. The van der Waals surface area contributed by atoms with Crippen LogP contribution < -0.4 is 14.2 Å². The number of benzene rings is 2. The fraction of sp³-hybridized carbons (Fsp3) is 0.250. The number of esters is 1. The highest BCUT2D eigenvalue weighted by atomic mass is 16.6. The maximum Gasteiger partial charge on any atom is 0.344 e. The lowest BCUT2D eigenvalue weighted by Crippen LogP contribution is -2.27. The lowest BCUT2D eigenvalue weighted by atomic mass is 10.1. The molecule has 0 saturated carbocycles. The van der Waals surface area contributed by atoms with Gasteiger partial charge >= 0.3 is 5.97 Å². The summed E-state index contributed by atoms with van der Waals surface area (Å²) in [5.74, 6) is 1.18. The Morgan fingerprint density at radius 3 is 2.73 bits per heavy atom. The van der Waals surface area contributed by atoms with Crippen molar-refractivity contribution in [1.29, 1.82) is 0 Å². The van der Waals surface area contributed by atoms with Crippen molar-refractivity contribution in [1.82, 2.24) is 0 Å². The molecule has 2 aromatic rings. The molecule has 0 atom stereocenters. The molecule has 0 spiro atoms. The lowest BCUT2D eigenvalue weighted by Gasteiger charge is -2.19. The van der Waals surface area contributed by atoms with Crippen LogP contribution in [0.3, 0.4) is 0 Å². The van der Waals surface area contributed by atoms with E-state index in [0.717, 1.165) is 16.9 Å². The van der Waals surface area contributed by atoms with Gasteiger partial charge in [0.25, 0.3) is 0 Å². The first kappa shape index (κ1) is 19.8. The highest BCUT2D eigenvalue weighted by molar-refractivity contribution is 6.12. The summed E-state index contributed by atoms with van der Waals surface area (Å²) in [7, 11) is 0. The van der Waals surface area contributed by atoms with Gasteiger partial charge in [-0.15, -0.1) is 0 Å². The van der Waals surface area contributed by atoms with E-state index in [9.17, 15) is 9.59 Å². The summed E-state index contributed by atoms with van der Waals surface area (Å²) in [5.41, 5.74) is 1.66. The van der Waals surface area contributed by atoms with Crippen molar-refractivity contribution in [3.63, 3.8) is 0 Å². The molecule has 0 saturated heterocycles. The smallest absolute Gasteiger partial charge is 0.344 e. The van der Waals surface area contributed by atoms with Gasteiger partial charge in [0.15, 0.2) is 12.4 Å². The monoisotopic (exact) mass is 406 g/mol. The minimum absolute atomic E-state index is 0.205. The molecule has 0 amide bonds. The predicted molar refractivity (Wildman–Crippen MR) is 111 cm³/mol. The van der Waals surface area contributed by atoms with Gasteiger partial charge in [-0.3, -0.25) is 4.79 Å². The first-order valence-electron chi connectivity index (χ1n) is 9.64. The number of hydrogen-bond donors (Lipinski definition) is 0. The van der Waals surface area contributed by atoms with E-state index in [1.54, 1.807) is 45.0 Å². The average molecular weight is 406 g/mol. The Hall–Kier alpha value is -3.54. The Labute approximate surface area is 174 Å². The molecule has 30 heavy (non-hydrogen) atoms. The van der Waals surface area contributed by atoms with Crippen LogP contribution in [0.25, 0.3) is 6.08 Å². The van der Waals surface area contributed by atoms with Crippen LogP contribution in [0.15, 0.2) is 59.9 Å². The van der Waals surface area contributed by atoms with Crippen molar-refractivity contribution in [2.24, 2.45) is 0 Å². The third kappa shape index (κ3) is 4.38. The Balaban J connectivity index is 1.46. The number of ether oxygens (including phenoxy) is 4. The normalized spacial score (nSPS) is 16.2. The van der Waals surface area contributed by atoms with Crippen LogP contribution in [0.4, 0.5) is 0 Å². The Kier molecular flexibility index (Phi) is 5.08. The molecule has 2 heterocycles. The van der Waals surface area contributed by atoms with Crippen LogP contribution in [0, 0.1) is 0 Å². The summed E-state index contributed by atoms with van der Waals surface area (Å²) in [6, 6.07) is 12.6. The quantitative estimate of drug-likeness (QED) is 0.556. The second-order valence-corrected chi connectivity index (χ2v) is 8.02. The molecule has 4 rings (SSSR count).